The van der Waals surface area contributed by atoms with Gasteiger partial charge in [-0.15, -0.1) is 0 Å². The summed E-state index contributed by atoms with van der Waals surface area (Å²) in [5.74, 6) is -0.134. The number of hydrogen-bond acceptors (Lipinski definition) is 3. The number of carbonyl (C=O) groups excluding carboxylic acids is 1. The summed E-state index contributed by atoms with van der Waals surface area (Å²) in [6.45, 7) is 3.86. The Morgan fingerprint density at radius 3 is 1.77 bits per heavy atom. The zero-order valence-corrected chi connectivity index (χ0v) is 13.3. The van der Waals surface area contributed by atoms with Gasteiger partial charge in [-0.3, -0.25) is 9.69 Å². The number of rotatable bonds is 3. The monoisotopic (exact) mass is 311 g/mol. The Bertz CT molecular complexity index is 658. The molecule has 22 heavy (non-hydrogen) atoms. The molecule has 3 nitrogen and oxygen atoms in total. The van der Waals surface area contributed by atoms with Gasteiger partial charge in [0.05, 0.1) is 0 Å². The fraction of sp³-hybridized carbons (Fsp3) is 0.222. The van der Waals surface area contributed by atoms with Gasteiger partial charge in [0.2, 0.25) is 5.60 Å². The molecule has 1 heterocycles. The molecule has 0 aliphatic carbocycles. The van der Waals surface area contributed by atoms with E-state index in [1.54, 1.807) is 4.90 Å². The van der Waals surface area contributed by atoms with E-state index in [0.717, 1.165) is 11.1 Å². The van der Waals surface area contributed by atoms with E-state index in [0.29, 0.717) is 0 Å². The Hall–Kier alpha value is -2.20. The van der Waals surface area contributed by atoms with Crippen LogP contribution in [0.3, 0.4) is 0 Å². The van der Waals surface area contributed by atoms with Crippen LogP contribution in [0.15, 0.2) is 60.7 Å². The quantitative estimate of drug-likeness (QED) is 0.813. The minimum absolute atomic E-state index is 0.0469. The first-order valence-corrected chi connectivity index (χ1v) is 7.66. The molecule has 1 fully saturated rings. The molecule has 2 aromatic rings. The number of amides is 1. The van der Waals surface area contributed by atoms with Crippen molar-refractivity contribution in [2.45, 2.75) is 25.5 Å². The van der Waals surface area contributed by atoms with Crippen LogP contribution in [0.1, 0.15) is 25.0 Å². The minimum atomic E-state index is -1.19. The predicted molar refractivity (Wildman–Crippen MR) is 89.3 cm³/mol. The van der Waals surface area contributed by atoms with E-state index in [-0.39, 0.29) is 17.1 Å². The fourth-order valence-electron chi connectivity index (χ4n) is 2.80. The molecule has 0 saturated carbocycles. The average Bonchev–Trinajstić information content (AvgIpc) is 2.81. The van der Waals surface area contributed by atoms with Gasteiger partial charge in [-0.25, -0.2) is 0 Å². The lowest BCUT2D eigenvalue weighted by Gasteiger charge is -2.27. The number of hydrogen-bond donors (Lipinski definition) is 0. The largest absolute Gasteiger partial charge is 0.444 e. The van der Waals surface area contributed by atoms with Crippen LogP contribution in [-0.4, -0.2) is 22.0 Å². The van der Waals surface area contributed by atoms with Gasteiger partial charge >= 0.3 is 0 Å². The maximum atomic E-state index is 13.2. The Morgan fingerprint density at radius 1 is 0.955 bits per heavy atom. The summed E-state index contributed by atoms with van der Waals surface area (Å²) in [5, 5.41) is 0.229. The number of carbonyl (C=O) groups is 1. The van der Waals surface area contributed by atoms with Crippen molar-refractivity contribution in [3.05, 3.63) is 71.8 Å². The van der Waals surface area contributed by atoms with Gasteiger partial charge in [-0.1, -0.05) is 60.7 Å². The first kappa shape index (κ1) is 14.7. The standard InChI is InChI=1S/C18H17NO2S/c1-13(2)19-16(20)18(21-17(19)22,14-9-5-3-6-10-14)15-11-7-4-8-12-15/h3-13H,1-2H3. The number of ether oxygens (including phenoxy) is 1. The molecule has 0 bridgehead atoms. The number of benzene rings is 2. The summed E-state index contributed by atoms with van der Waals surface area (Å²) in [6.07, 6.45) is 0. The van der Waals surface area contributed by atoms with Crippen molar-refractivity contribution in [1.29, 1.82) is 0 Å². The molecule has 2 aromatic carbocycles. The first-order chi connectivity index (χ1) is 10.6. The minimum Gasteiger partial charge on any atom is -0.444 e. The van der Waals surface area contributed by atoms with Gasteiger partial charge in [-0.05, 0) is 26.1 Å². The lowest BCUT2D eigenvalue weighted by Crippen LogP contribution is -2.42. The predicted octanol–water partition coefficient (Wildman–Crippen LogP) is 3.48. The van der Waals surface area contributed by atoms with Crippen LogP contribution in [0.5, 0.6) is 0 Å². The second kappa shape index (κ2) is 5.54. The Balaban J connectivity index is 2.23. The Kier molecular flexibility index (Phi) is 3.71. The molecule has 1 aliphatic heterocycles. The van der Waals surface area contributed by atoms with E-state index in [4.69, 9.17) is 17.0 Å². The Labute approximate surface area is 135 Å². The molecule has 0 spiro atoms. The van der Waals surface area contributed by atoms with Gasteiger partial charge in [0.15, 0.2) is 0 Å². The normalized spacial score (nSPS) is 17.0. The summed E-state index contributed by atoms with van der Waals surface area (Å²) >= 11 is 5.33. The highest BCUT2D eigenvalue weighted by Crippen LogP contribution is 2.41. The van der Waals surface area contributed by atoms with Gasteiger partial charge < -0.3 is 4.74 Å². The zero-order valence-electron chi connectivity index (χ0n) is 12.5. The topological polar surface area (TPSA) is 29.5 Å². The van der Waals surface area contributed by atoms with Crippen LogP contribution in [0.25, 0.3) is 0 Å². The summed E-state index contributed by atoms with van der Waals surface area (Å²) in [7, 11) is 0. The van der Waals surface area contributed by atoms with E-state index in [2.05, 4.69) is 0 Å². The van der Waals surface area contributed by atoms with Gasteiger partial charge in [0.25, 0.3) is 11.1 Å². The van der Waals surface area contributed by atoms with Crippen LogP contribution in [0.4, 0.5) is 0 Å². The third kappa shape index (κ3) is 2.11. The summed E-state index contributed by atoms with van der Waals surface area (Å²) in [4.78, 5) is 14.7. The maximum absolute atomic E-state index is 13.2. The highest BCUT2D eigenvalue weighted by molar-refractivity contribution is 7.80. The SMILES string of the molecule is CC(C)N1C(=O)C(c2ccccc2)(c2ccccc2)OC1=S. The van der Waals surface area contributed by atoms with Crippen molar-refractivity contribution in [1.82, 2.24) is 4.90 Å². The van der Waals surface area contributed by atoms with Gasteiger partial charge in [0.1, 0.15) is 0 Å². The molecule has 1 saturated heterocycles. The van der Waals surface area contributed by atoms with Crippen LogP contribution in [0, 0.1) is 0 Å². The molecule has 112 valence electrons. The lowest BCUT2D eigenvalue weighted by atomic mass is 9.85. The lowest BCUT2D eigenvalue weighted by molar-refractivity contribution is -0.135. The molecule has 3 rings (SSSR count). The summed E-state index contributed by atoms with van der Waals surface area (Å²) < 4.78 is 6.02. The highest BCUT2D eigenvalue weighted by atomic mass is 32.1. The fourth-order valence-corrected chi connectivity index (χ4v) is 3.22. The molecule has 0 N–H and O–H groups in total. The highest BCUT2D eigenvalue weighted by Gasteiger charge is 2.55. The molecular formula is C18H17NO2S. The van der Waals surface area contributed by atoms with Crippen molar-refractivity contribution >= 4 is 23.3 Å². The molecule has 4 heteroatoms. The Morgan fingerprint density at radius 2 is 1.41 bits per heavy atom. The van der Waals surface area contributed by atoms with Crippen molar-refractivity contribution in [3.8, 4) is 0 Å². The van der Waals surface area contributed by atoms with Gasteiger partial charge in [-0.2, -0.15) is 0 Å². The van der Waals surface area contributed by atoms with Crippen molar-refractivity contribution in [2.24, 2.45) is 0 Å². The summed E-state index contributed by atoms with van der Waals surface area (Å²) in [6, 6.07) is 19.0. The van der Waals surface area contributed by atoms with Crippen LogP contribution < -0.4 is 0 Å². The molecule has 0 unspecified atom stereocenters. The average molecular weight is 311 g/mol. The molecular weight excluding hydrogens is 294 g/mol. The first-order valence-electron chi connectivity index (χ1n) is 7.25. The van der Waals surface area contributed by atoms with Crippen molar-refractivity contribution < 1.29 is 9.53 Å². The van der Waals surface area contributed by atoms with E-state index in [9.17, 15) is 4.79 Å². The molecule has 0 radical (unpaired) electrons. The number of nitrogens with zero attached hydrogens (tertiary/aromatic N) is 1. The smallest absolute Gasteiger partial charge is 0.284 e. The molecule has 1 amide bonds. The molecule has 0 aromatic heterocycles. The third-order valence-electron chi connectivity index (χ3n) is 3.83. The number of thiocarbonyl (C=S) groups is 1. The van der Waals surface area contributed by atoms with Crippen LogP contribution in [-0.2, 0) is 15.1 Å². The van der Waals surface area contributed by atoms with E-state index >= 15 is 0 Å². The van der Waals surface area contributed by atoms with Crippen molar-refractivity contribution in [2.75, 3.05) is 0 Å². The third-order valence-corrected chi connectivity index (χ3v) is 4.11. The zero-order chi connectivity index (χ0) is 15.7. The van der Waals surface area contributed by atoms with E-state index < -0.39 is 5.60 Å². The maximum Gasteiger partial charge on any atom is 0.284 e. The second-order valence-electron chi connectivity index (χ2n) is 5.55. The molecule has 0 atom stereocenters. The van der Waals surface area contributed by atoms with Crippen LogP contribution in [0.2, 0.25) is 0 Å². The van der Waals surface area contributed by atoms with Crippen LogP contribution >= 0.6 is 12.2 Å². The van der Waals surface area contributed by atoms with E-state index in [1.165, 1.54) is 0 Å². The van der Waals surface area contributed by atoms with Crippen molar-refractivity contribution in [3.63, 3.8) is 0 Å². The molecule has 1 aliphatic rings. The van der Waals surface area contributed by atoms with E-state index in [1.807, 2.05) is 74.5 Å². The second-order valence-corrected chi connectivity index (χ2v) is 5.90. The summed E-state index contributed by atoms with van der Waals surface area (Å²) in [5.41, 5.74) is 0.387. The van der Waals surface area contributed by atoms with Gasteiger partial charge in [0, 0.05) is 17.2 Å².